The van der Waals surface area contributed by atoms with Crippen molar-refractivity contribution in [1.82, 2.24) is 10.2 Å². The number of nitrogens with one attached hydrogen (secondary N) is 1. The monoisotopic (exact) mass is 481 g/mol. The van der Waals surface area contributed by atoms with E-state index in [-0.39, 0.29) is 24.0 Å². The van der Waals surface area contributed by atoms with Crippen LogP contribution < -0.4 is 24.4 Å². The summed E-state index contributed by atoms with van der Waals surface area (Å²) in [6, 6.07) is 11.6. The molecule has 1 saturated heterocycles. The van der Waals surface area contributed by atoms with Gasteiger partial charge in [0.1, 0.15) is 11.9 Å². The number of urea groups is 1. The maximum atomic E-state index is 13.5. The van der Waals surface area contributed by atoms with Crippen LogP contribution >= 0.6 is 0 Å². The highest BCUT2D eigenvalue weighted by Crippen LogP contribution is 2.36. The van der Waals surface area contributed by atoms with Crippen LogP contribution in [0.15, 0.2) is 36.4 Å². The number of piperidine rings is 1. The Morgan fingerprint density at radius 2 is 1.89 bits per heavy atom. The lowest BCUT2D eigenvalue weighted by Crippen LogP contribution is -2.52. The summed E-state index contributed by atoms with van der Waals surface area (Å²) in [7, 11) is 3.18. The lowest BCUT2D eigenvalue weighted by Gasteiger charge is -2.39. The smallest absolute Gasteiger partial charge is 0.324 e. The van der Waals surface area contributed by atoms with Gasteiger partial charge in [-0.3, -0.25) is 9.69 Å². The van der Waals surface area contributed by atoms with E-state index in [1.807, 2.05) is 53.1 Å². The summed E-state index contributed by atoms with van der Waals surface area (Å²) in [5.41, 5.74) is 2.77. The van der Waals surface area contributed by atoms with E-state index < -0.39 is 0 Å². The standard InChI is InChI=1S/C27H35N3O5/c1-5-21-17-30(22-15-18(2)9-10-23(22)35-21)27(32)29-13-11-19(12-14-29)26(31)28-16-20-7-6-8-24(33-3)25(20)34-4/h6-10,15,19,21H,5,11-14,16-17H2,1-4H3,(H,28,31)/t21-/m1/s1. The highest BCUT2D eigenvalue weighted by molar-refractivity contribution is 5.94. The number of benzene rings is 2. The number of ether oxygens (including phenoxy) is 3. The van der Waals surface area contributed by atoms with Crippen LogP contribution in [0.2, 0.25) is 0 Å². The Morgan fingerprint density at radius 1 is 1.11 bits per heavy atom. The Morgan fingerprint density at radius 3 is 2.57 bits per heavy atom. The largest absolute Gasteiger partial charge is 0.493 e. The number of likely N-dealkylation sites (tertiary alicyclic amines) is 1. The summed E-state index contributed by atoms with van der Waals surface area (Å²) in [4.78, 5) is 30.1. The molecule has 0 radical (unpaired) electrons. The van der Waals surface area contributed by atoms with Crippen molar-refractivity contribution in [3.8, 4) is 17.2 Å². The van der Waals surface area contributed by atoms with Gasteiger partial charge in [-0.15, -0.1) is 0 Å². The first-order valence-corrected chi connectivity index (χ1v) is 12.3. The molecule has 0 bridgehead atoms. The van der Waals surface area contributed by atoms with Crippen molar-refractivity contribution in [3.63, 3.8) is 0 Å². The highest BCUT2D eigenvalue weighted by atomic mass is 16.5. The molecule has 2 aromatic rings. The number of para-hydroxylation sites is 1. The van der Waals surface area contributed by atoms with E-state index in [2.05, 4.69) is 12.2 Å². The van der Waals surface area contributed by atoms with Crippen LogP contribution in [0.3, 0.4) is 0 Å². The van der Waals surface area contributed by atoms with Crippen LogP contribution in [0.25, 0.3) is 0 Å². The van der Waals surface area contributed by atoms with Crippen molar-refractivity contribution in [1.29, 1.82) is 0 Å². The fourth-order valence-electron chi connectivity index (χ4n) is 4.77. The number of rotatable bonds is 6. The van der Waals surface area contributed by atoms with Gasteiger partial charge in [-0.1, -0.05) is 25.1 Å². The second kappa shape index (κ2) is 10.9. The van der Waals surface area contributed by atoms with Crippen molar-refractivity contribution >= 4 is 17.6 Å². The molecule has 0 aliphatic carbocycles. The van der Waals surface area contributed by atoms with E-state index in [9.17, 15) is 9.59 Å². The number of hydrogen-bond acceptors (Lipinski definition) is 5. The average Bonchev–Trinajstić information content (AvgIpc) is 2.90. The third kappa shape index (κ3) is 5.31. The van der Waals surface area contributed by atoms with Crippen molar-refractivity contribution in [2.45, 2.75) is 45.8 Å². The molecule has 8 heteroatoms. The van der Waals surface area contributed by atoms with Crippen LogP contribution in [0, 0.1) is 12.8 Å². The van der Waals surface area contributed by atoms with E-state index >= 15 is 0 Å². The Bertz CT molecular complexity index is 1060. The van der Waals surface area contributed by atoms with Gasteiger partial charge in [-0.05, 0) is 49.9 Å². The minimum Gasteiger partial charge on any atom is -0.493 e. The molecule has 0 unspecified atom stereocenters. The number of anilines is 1. The number of carbonyl (C=O) groups is 2. The van der Waals surface area contributed by atoms with Crippen molar-refractivity contribution in [2.24, 2.45) is 5.92 Å². The Labute approximate surface area is 207 Å². The first kappa shape index (κ1) is 24.7. The first-order chi connectivity index (χ1) is 16.9. The molecule has 8 nitrogen and oxygen atoms in total. The normalized spacial score (nSPS) is 17.9. The van der Waals surface area contributed by atoms with Crippen LogP contribution in [-0.2, 0) is 11.3 Å². The van der Waals surface area contributed by atoms with Gasteiger partial charge in [0.05, 0.1) is 26.5 Å². The van der Waals surface area contributed by atoms with Gasteiger partial charge in [0.2, 0.25) is 5.91 Å². The molecule has 2 heterocycles. The van der Waals surface area contributed by atoms with Gasteiger partial charge in [-0.2, -0.15) is 0 Å². The molecule has 35 heavy (non-hydrogen) atoms. The topological polar surface area (TPSA) is 80.3 Å². The minimum atomic E-state index is -0.127. The molecular formula is C27H35N3O5. The molecule has 0 spiro atoms. The summed E-state index contributed by atoms with van der Waals surface area (Å²) < 4.78 is 16.9. The fourth-order valence-corrected chi connectivity index (χ4v) is 4.77. The number of amides is 3. The van der Waals surface area contributed by atoms with E-state index in [1.54, 1.807) is 14.2 Å². The molecule has 1 atom stereocenters. The zero-order valence-corrected chi connectivity index (χ0v) is 21.0. The summed E-state index contributed by atoms with van der Waals surface area (Å²) in [5.74, 6) is 1.89. The zero-order valence-electron chi connectivity index (χ0n) is 21.0. The molecule has 0 saturated carbocycles. The number of methoxy groups -OCH3 is 2. The molecular weight excluding hydrogens is 446 g/mol. The van der Waals surface area contributed by atoms with Crippen LogP contribution in [0.4, 0.5) is 10.5 Å². The number of aryl methyl sites for hydroxylation is 1. The second-order valence-electron chi connectivity index (χ2n) is 9.14. The van der Waals surface area contributed by atoms with Crippen molar-refractivity contribution in [3.05, 3.63) is 47.5 Å². The van der Waals surface area contributed by atoms with E-state index in [0.29, 0.717) is 50.5 Å². The van der Waals surface area contributed by atoms with Crippen LogP contribution in [0.5, 0.6) is 17.2 Å². The maximum absolute atomic E-state index is 13.5. The highest BCUT2D eigenvalue weighted by Gasteiger charge is 2.34. The molecule has 2 aliphatic heterocycles. The number of nitrogens with zero attached hydrogens (tertiary/aromatic N) is 2. The van der Waals surface area contributed by atoms with E-state index in [0.717, 1.165) is 29.0 Å². The van der Waals surface area contributed by atoms with Crippen molar-refractivity contribution in [2.75, 3.05) is 38.8 Å². The second-order valence-corrected chi connectivity index (χ2v) is 9.14. The average molecular weight is 482 g/mol. The van der Waals surface area contributed by atoms with Gasteiger partial charge < -0.3 is 24.4 Å². The van der Waals surface area contributed by atoms with Gasteiger partial charge in [0.15, 0.2) is 11.5 Å². The van der Waals surface area contributed by atoms with Gasteiger partial charge >= 0.3 is 6.03 Å². The molecule has 0 aromatic heterocycles. The molecule has 4 rings (SSSR count). The van der Waals surface area contributed by atoms with Crippen LogP contribution in [0.1, 0.15) is 37.3 Å². The quantitative estimate of drug-likeness (QED) is 0.671. The molecule has 2 aliphatic rings. The summed E-state index contributed by atoms with van der Waals surface area (Å²) in [6.07, 6.45) is 2.08. The lowest BCUT2D eigenvalue weighted by atomic mass is 9.96. The molecule has 3 amide bonds. The Balaban J connectivity index is 1.35. The summed E-state index contributed by atoms with van der Waals surface area (Å²) in [5, 5.41) is 3.03. The molecule has 2 aromatic carbocycles. The molecule has 188 valence electrons. The summed E-state index contributed by atoms with van der Waals surface area (Å²) >= 11 is 0. The Kier molecular flexibility index (Phi) is 7.68. The number of carbonyl (C=O) groups excluding carboxylic acids is 2. The zero-order chi connectivity index (χ0) is 24.9. The predicted molar refractivity (Wildman–Crippen MR) is 134 cm³/mol. The minimum absolute atomic E-state index is 0.000335. The summed E-state index contributed by atoms with van der Waals surface area (Å²) in [6.45, 7) is 6.08. The number of hydrogen-bond donors (Lipinski definition) is 1. The van der Waals surface area contributed by atoms with Gasteiger partial charge in [-0.25, -0.2) is 4.79 Å². The Hall–Kier alpha value is -3.42. The van der Waals surface area contributed by atoms with Gasteiger partial charge in [0.25, 0.3) is 0 Å². The van der Waals surface area contributed by atoms with E-state index in [4.69, 9.17) is 14.2 Å². The van der Waals surface area contributed by atoms with Gasteiger partial charge in [0, 0.05) is 31.1 Å². The lowest BCUT2D eigenvalue weighted by molar-refractivity contribution is -0.126. The predicted octanol–water partition coefficient (Wildman–Crippen LogP) is 4.14. The fraction of sp³-hybridized carbons (Fsp3) is 0.481. The maximum Gasteiger partial charge on any atom is 0.324 e. The van der Waals surface area contributed by atoms with E-state index in [1.165, 1.54) is 0 Å². The number of fused-ring (bicyclic) bond motifs is 1. The molecule has 1 fully saturated rings. The molecule has 1 N–H and O–H groups in total. The SMILES string of the molecule is CC[C@@H]1CN(C(=O)N2CCC(C(=O)NCc3cccc(OC)c3OC)CC2)c2cc(C)ccc2O1. The third-order valence-electron chi connectivity index (χ3n) is 6.85. The van der Waals surface area contributed by atoms with Crippen LogP contribution in [-0.4, -0.2) is 56.8 Å². The first-order valence-electron chi connectivity index (χ1n) is 12.3. The van der Waals surface area contributed by atoms with Crippen molar-refractivity contribution < 1.29 is 23.8 Å². The third-order valence-corrected chi connectivity index (χ3v) is 6.85.